The lowest BCUT2D eigenvalue weighted by Gasteiger charge is -2.13. The van der Waals surface area contributed by atoms with Crippen LogP contribution in [0.1, 0.15) is 18.1 Å². The third-order valence-electron chi connectivity index (χ3n) is 6.08. The number of hydrogen-bond donors (Lipinski definition) is 1. The third-order valence-corrected chi connectivity index (χ3v) is 6.08. The number of fused-ring (bicyclic) bond motifs is 2. The van der Waals surface area contributed by atoms with E-state index in [-0.39, 0.29) is 11.7 Å². The number of aromatic nitrogens is 4. The Morgan fingerprint density at radius 3 is 2.78 bits per heavy atom. The van der Waals surface area contributed by atoms with Crippen LogP contribution in [-0.4, -0.2) is 38.9 Å². The fourth-order valence-electron chi connectivity index (χ4n) is 4.09. The van der Waals surface area contributed by atoms with Gasteiger partial charge in [-0.3, -0.25) is 4.79 Å². The summed E-state index contributed by atoms with van der Waals surface area (Å²) in [5, 5.41) is 4.25. The first-order valence-corrected chi connectivity index (χ1v) is 11.7. The van der Waals surface area contributed by atoms with Crippen LogP contribution in [0.25, 0.3) is 16.6 Å². The Bertz CT molecular complexity index is 1550. The van der Waals surface area contributed by atoms with Crippen molar-refractivity contribution in [1.29, 1.82) is 0 Å². The second-order valence-electron chi connectivity index (χ2n) is 8.84. The number of ether oxygens (including phenoxy) is 2. The van der Waals surface area contributed by atoms with Gasteiger partial charge in [0.25, 0.3) is 0 Å². The molecule has 0 radical (unpaired) electrons. The molecule has 1 atom stereocenters. The normalized spacial score (nSPS) is 12.1. The van der Waals surface area contributed by atoms with Crippen molar-refractivity contribution in [2.24, 2.45) is 5.92 Å². The van der Waals surface area contributed by atoms with E-state index >= 15 is 0 Å². The van der Waals surface area contributed by atoms with Gasteiger partial charge < -0.3 is 19.2 Å². The van der Waals surface area contributed by atoms with Gasteiger partial charge in [-0.05, 0) is 54.4 Å². The van der Waals surface area contributed by atoms with E-state index in [9.17, 15) is 4.79 Å². The summed E-state index contributed by atoms with van der Waals surface area (Å²) in [7, 11) is 1.61. The van der Waals surface area contributed by atoms with Crippen molar-refractivity contribution in [3.63, 3.8) is 0 Å². The number of ketones is 1. The Balaban J connectivity index is 1.36. The molecular formula is C28H27N5O3. The zero-order valence-corrected chi connectivity index (χ0v) is 20.4. The van der Waals surface area contributed by atoms with Gasteiger partial charge in [0.2, 0.25) is 0 Å². The molecule has 5 rings (SSSR count). The molecule has 1 unspecified atom stereocenters. The number of aryl methyl sites for hydroxylation is 1. The highest BCUT2D eigenvalue weighted by atomic mass is 16.5. The van der Waals surface area contributed by atoms with Crippen LogP contribution in [0.15, 0.2) is 73.4 Å². The first-order valence-electron chi connectivity index (χ1n) is 11.7. The molecule has 3 heterocycles. The van der Waals surface area contributed by atoms with Gasteiger partial charge in [0.05, 0.1) is 12.1 Å². The van der Waals surface area contributed by atoms with Crippen LogP contribution >= 0.6 is 0 Å². The van der Waals surface area contributed by atoms with E-state index in [0.717, 1.165) is 44.9 Å². The van der Waals surface area contributed by atoms with Crippen LogP contribution < -0.4 is 10.1 Å². The van der Waals surface area contributed by atoms with Crippen molar-refractivity contribution in [3.05, 3.63) is 84.6 Å². The summed E-state index contributed by atoms with van der Waals surface area (Å²) >= 11 is 0. The predicted octanol–water partition coefficient (Wildman–Crippen LogP) is 5.52. The molecule has 3 aromatic heterocycles. The summed E-state index contributed by atoms with van der Waals surface area (Å²) in [6, 6.07) is 15.5. The predicted molar refractivity (Wildman–Crippen MR) is 139 cm³/mol. The first-order chi connectivity index (χ1) is 17.5. The van der Waals surface area contributed by atoms with E-state index in [2.05, 4.69) is 20.3 Å². The molecule has 0 saturated heterocycles. The third kappa shape index (κ3) is 5.04. The minimum absolute atomic E-state index is 0.140. The molecule has 0 fully saturated rings. The van der Waals surface area contributed by atoms with Crippen molar-refractivity contribution < 1.29 is 14.3 Å². The van der Waals surface area contributed by atoms with Crippen LogP contribution in [0.4, 0.5) is 11.5 Å². The van der Waals surface area contributed by atoms with Gasteiger partial charge >= 0.3 is 0 Å². The summed E-state index contributed by atoms with van der Waals surface area (Å²) < 4.78 is 13.2. The maximum atomic E-state index is 12.5. The standard InChI is InChI=1S/C28H27N5O3/c1-18-12-21(5-7-26(18)36-22-8-10-33-11-9-29-27(33)15-22)32-28-23-13-20(4-6-24(23)30-17-31-28)14-25(34)19(2)16-35-3/h4-13,15,17,19H,14,16H2,1-3H3,(H,30,31,32). The fourth-order valence-corrected chi connectivity index (χ4v) is 4.09. The largest absolute Gasteiger partial charge is 0.457 e. The monoisotopic (exact) mass is 481 g/mol. The quantitative estimate of drug-likeness (QED) is 0.297. The number of carbonyl (C=O) groups excluding carboxylic acids is 1. The van der Waals surface area contributed by atoms with E-state index in [1.165, 1.54) is 6.33 Å². The number of pyridine rings is 1. The van der Waals surface area contributed by atoms with Gasteiger partial charge in [0.1, 0.15) is 35.1 Å². The van der Waals surface area contributed by atoms with E-state index in [1.54, 1.807) is 13.3 Å². The van der Waals surface area contributed by atoms with Crippen LogP contribution in [0.3, 0.4) is 0 Å². The fraction of sp³-hybridized carbons (Fsp3) is 0.214. The first kappa shape index (κ1) is 23.4. The van der Waals surface area contributed by atoms with Gasteiger partial charge in [-0.25, -0.2) is 15.0 Å². The maximum Gasteiger partial charge on any atom is 0.142 e. The smallest absolute Gasteiger partial charge is 0.142 e. The van der Waals surface area contributed by atoms with Crippen LogP contribution in [0.2, 0.25) is 0 Å². The molecule has 182 valence electrons. The van der Waals surface area contributed by atoms with Gasteiger partial charge in [-0.15, -0.1) is 0 Å². The molecule has 0 bridgehead atoms. The van der Waals surface area contributed by atoms with Gasteiger partial charge in [0, 0.05) is 55.2 Å². The highest BCUT2D eigenvalue weighted by molar-refractivity contribution is 5.92. The summed E-state index contributed by atoms with van der Waals surface area (Å²) in [5.41, 5.74) is 4.40. The van der Waals surface area contributed by atoms with Gasteiger partial charge in [0.15, 0.2) is 0 Å². The van der Waals surface area contributed by atoms with E-state index in [1.807, 2.05) is 79.2 Å². The molecule has 0 aliphatic rings. The second-order valence-corrected chi connectivity index (χ2v) is 8.84. The lowest BCUT2D eigenvalue weighted by Crippen LogP contribution is -2.18. The lowest BCUT2D eigenvalue weighted by molar-refractivity contribution is -0.123. The van der Waals surface area contributed by atoms with Crippen molar-refractivity contribution in [3.8, 4) is 11.5 Å². The van der Waals surface area contributed by atoms with Crippen LogP contribution in [0.5, 0.6) is 11.5 Å². The molecule has 0 saturated carbocycles. The Morgan fingerprint density at radius 1 is 1.06 bits per heavy atom. The number of anilines is 2. The number of Topliss-reactive ketones (excluding diaryl/α,β-unsaturated/α-hetero) is 1. The van der Waals surface area contributed by atoms with Crippen LogP contribution in [0, 0.1) is 12.8 Å². The highest BCUT2D eigenvalue weighted by Gasteiger charge is 2.14. The SMILES string of the molecule is COCC(C)C(=O)Cc1ccc2ncnc(Nc3ccc(Oc4ccn5ccnc5c4)c(C)c3)c2c1. The number of methoxy groups -OCH3 is 1. The lowest BCUT2D eigenvalue weighted by atomic mass is 9.99. The molecule has 0 aliphatic heterocycles. The number of hydrogen-bond acceptors (Lipinski definition) is 7. The molecular weight excluding hydrogens is 454 g/mol. The number of rotatable bonds is 9. The van der Waals surface area contributed by atoms with E-state index in [4.69, 9.17) is 9.47 Å². The number of imidazole rings is 1. The minimum Gasteiger partial charge on any atom is -0.457 e. The van der Waals surface area contributed by atoms with Crippen molar-refractivity contribution in [1.82, 2.24) is 19.4 Å². The molecule has 0 amide bonds. The zero-order valence-electron chi connectivity index (χ0n) is 20.4. The highest BCUT2D eigenvalue weighted by Crippen LogP contribution is 2.30. The molecule has 8 heteroatoms. The maximum absolute atomic E-state index is 12.5. The summed E-state index contributed by atoms with van der Waals surface area (Å²) in [6.45, 7) is 4.30. The zero-order chi connectivity index (χ0) is 25.1. The Labute approximate surface area is 208 Å². The number of carbonyl (C=O) groups is 1. The Morgan fingerprint density at radius 2 is 1.94 bits per heavy atom. The molecule has 0 spiro atoms. The van der Waals surface area contributed by atoms with Gasteiger partial charge in [-0.1, -0.05) is 13.0 Å². The summed E-state index contributed by atoms with van der Waals surface area (Å²) in [4.78, 5) is 25.7. The van der Waals surface area contributed by atoms with Crippen molar-refractivity contribution >= 4 is 33.8 Å². The average molecular weight is 482 g/mol. The van der Waals surface area contributed by atoms with Gasteiger partial charge in [-0.2, -0.15) is 0 Å². The summed E-state index contributed by atoms with van der Waals surface area (Å²) in [5.74, 6) is 2.15. The van der Waals surface area contributed by atoms with E-state index < -0.39 is 0 Å². The topological polar surface area (TPSA) is 90.6 Å². The molecule has 0 aliphatic carbocycles. The molecule has 5 aromatic rings. The van der Waals surface area contributed by atoms with E-state index in [0.29, 0.717) is 18.8 Å². The number of nitrogens with zero attached hydrogens (tertiary/aromatic N) is 4. The van der Waals surface area contributed by atoms with Crippen molar-refractivity contribution in [2.45, 2.75) is 20.3 Å². The summed E-state index contributed by atoms with van der Waals surface area (Å²) in [6.07, 6.45) is 7.44. The average Bonchev–Trinajstić information content (AvgIpc) is 3.34. The Hall–Kier alpha value is -4.30. The molecule has 8 nitrogen and oxygen atoms in total. The number of benzene rings is 2. The molecule has 36 heavy (non-hydrogen) atoms. The molecule has 2 aromatic carbocycles. The molecule has 1 N–H and O–H groups in total. The minimum atomic E-state index is -0.152. The van der Waals surface area contributed by atoms with Crippen LogP contribution in [-0.2, 0) is 16.0 Å². The van der Waals surface area contributed by atoms with Crippen molar-refractivity contribution in [2.75, 3.05) is 19.0 Å². The Kier molecular flexibility index (Phi) is 6.60. The number of nitrogens with one attached hydrogen (secondary N) is 1. The second kappa shape index (κ2) is 10.1.